The summed E-state index contributed by atoms with van der Waals surface area (Å²) in [5.41, 5.74) is 0. The molecular weight excluding hydrogens is 426 g/mol. The molecule has 0 aliphatic carbocycles. The van der Waals surface area contributed by atoms with Crippen molar-refractivity contribution in [1.29, 1.82) is 0 Å². The molecule has 0 aromatic carbocycles. The number of hydrogen-bond acceptors (Lipinski definition) is 6. The molecule has 2 heterocycles. The molecule has 0 bridgehead atoms. The molecule has 5 unspecified atom stereocenters. The lowest BCUT2D eigenvalue weighted by molar-refractivity contribution is -0.277. The van der Waals surface area contributed by atoms with Gasteiger partial charge in [-0.3, -0.25) is 19.3 Å². The Balaban J connectivity index is 1.93. The van der Waals surface area contributed by atoms with Crippen molar-refractivity contribution in [2.75, 3.05) is 0 Å². The van der Waals surface area contributed by atoms with E-state index >= 15 is 0 Å². The summed E-state index contributed by atoms with van der Waals surface area (Å²) in [4.78, 5) is 38.1. The lowest BCUT2D eigenvalue weighted by Crippen LogP contribution is -2.52. The lowest BCUT2D eigenvalue weighted by Gasteiger charge is -2.30. The second-order valence-corrected chi connectivity index (χ2v) is 8.00. The van der Waals surface area contributed by atoms with Crippen molar-refractivity contribution in [3.8, 4) is 0 Å². The molecule has 1 aromatic rings. The minimum absolute atomic E-state index is 0.206. The first-order valence-electron chi connectivity index (χ1n) is 11.7. The average molecular weight is 464 g/mol. The van der Waals surface area contributed by atoms with Crippen LogP contribution < -0.4 is 5.32 Å². The normalized spacial score (nSPS) is 18.3. The van der Waals surface area contributed by atoms with E-state index in [0.717, 1.165) is 11.3 Å². The molecule has 1 N–H and O–H groups in total. The Labute approximate surface area is 196 Å². The molecule has 33 heavy (non-hydrogen) atoms. The number of aromatic nitrogens is 1. The van der Waals surface area contributed by atoms with Crippen molar-refractivity contribution >= 4 is 17.7 Å². The van der Waals surface area contributed by atoms with E-state index in [1.54, 1.807) is 6.92 Å². The van der Waals surface area contributed by atoms with Crippen LogP contribution in [-0.4, -0.2) is 52.0 Å². The first-order chi connectivity index (χ1) is 15.8. The average Bonchev–Trinajstić information content (AvgIpc) is 3.44. The standard InChI is InChI=1S/C24H37N3O6/c1-6-9-12-19(27-20(28)13-14-21(27)29)24(30)25-17(4)31-22(7-2)33-23(8-3)32-18(5)26-15-10-11-16-26/h10-11,13-19,22-23H,6-9,12H2,1-5H3,(H,25,30). The van der Waals surface area contributed by atoms with Gasteiger partial charge in [0.2, 0.25) is 5.91 Å². The number of imide groups is 1. The molecular formula is C24H37N3O6. The van der Waals surface area contributed by atoms with Crippen LogP contribution in [0.1, 0.15) is 73.0 Å². The van der Waals surface area contributed by atoms with Crippen LogP contribution in [0.25, 0.3) is 0 Å². The van der Waals surface area contributed by atoms with Crippen molar-refractivity contribution in [1.82, 2.24) is 14.8 Å². The number of nitrogens with one attached hydrogen (secondary N) is 1. The highest BCUT2D eigenvalue weighted by molar-refractivity contribution is 6.15. The van der Waals surface area contributed by atoms with E-state index in [4.69, 9.17) is 14.2 Å². The quantitative estimate of drug-likeness (QED) is 0.316. The Hall–Kier alpha value is -2.49. The zero-order valence-corrected chi connectivity index (χ0v) is 20.2. The third kappa shape index (κ3) is 7.80. The summed E-state index contributed by atoms with van der Waals surface area (Å²) in [5, 5.41) is 2.77. The first kappa shape index (κ1) is 26.8. The number of unbranched alkanes of at least 4 members (excludes halogenated alkanes) is 1. The van der Waals surface area contributed by atoms with Gasteiger partial charge in [-0.15, -0.1) is 0 Å². The predicted octanol–water partition coefficient (Wildman–Crippen LogP) is 3.47. The SMILES string of the molecule is CCCCC(C(=O)NC(C)OC(CC)OC(CC)OC(C)n1cccc1)N1C(=O)C=CC1=O. The van der Waals surface area contributed by atoms with Crippen LogP contribution in [0.3, 0.4) is 0 Å². The zero-order chi connectivity index (χ0) is 24.4. The predicted molar refractivity (Wildman–Crippen MR) is 122 cm³/mol. The second kappa shape index (κ2) is 13.3. The van der Waals surface area contributed by atoms with Gasteiger partial charge in [0.05, 0.1) is 0 Å². The van der Waals surface area contributed by atoms with Crippen LogP contribution in [-0.2, 0) is 28.6 Å². The maximum atomic E-state index is 12.9. The van der Waals surface area contributed by atoms with Gasteiger partial charge >= 0.3 is 0 Å². The minimum atomic E-state index is -0.874. The van der Waals surface area contributed by atoms with Gasteiger partial charge in [-0.25, -0.2) is 0 Å². The lowest BCUT2D eigenvalue weighted by atomic mass is 10.1. The van der Waals surface area contributed by atoms with E-state index in [1.165, 1.54) is 12.2 Å². The highest BCUT2D eigenvalue weighted by atomic mass is 16.8. The second-order valence-electron chi connectivity index (χ2n) is 8.00. The van der Waals surface area contributed by atoms with Crippen LogP contribution in [0.5, 0.6) is 0 Å². The number of nitrogens with zero attached hydrogens (tertiary/aromatic N) is 2. The van der Waals surface area contributed by atoms with E-state index in [1.807, 2.05) is 56.8 Å². The highest BCUT2D eigenvalue weighted by Gasteiger charge is 2.36. The number of rotatable bonds is 15. The van der Waals surface area contributed by atoms with Gasteiger partial charge in [-0.1, -0.05) is 33.6 Å². The smallest absolute Gasteiger partial charge is 0.254 e. The number of ether oxygens (including phenoxy) is 3. The largest absolute Gasteiger partial charge is 0.330 e. The molecule has 1 aliphatic heterocycles. The van der Waals surface area contributed by atoms with Crippen molar-refractivity contribution in [2.45, 2.75) is 97.8 Å². The summed E-state index contributed by atoms with van der Waals surface area (Å²) in [6.45, 7) is 9.49. The zero-order valence-electron chi connectivity index (χ0n) is 20.2. The molecule has 9 nitrogen and oxygen atoms in total. The van der Waals surface area contributed by atoms with Crippen LogP contribution in [0.4, 0.5) is 0 Å². The molecule has 1 aliphatic rings. The molecule has 3 amide bonds. The molecule has 2 rings (SSSR count). The fraction of sp³-hybridized carbons (Fsp3) is 0.625. The van der Waals surface area contributed by atoms with Crippen molar-refractivity contribution in [3.05, 3.63) is 36.7 Å². The molecule has 0 fully saturated rings. The van der Waals surface area contributed by atoms with Gasteiger partial charge in [0.1, 0.15) is 18.5 Å². The molecule has 0 radical (unpaired) electrons. The van der Waals surface area contributed by atoms with E-state index < -0.39 is 42.6 Å². The summed E-state index contributed by atoms with van der Waals surface area (Å²) >= 11 is 0. The number of hydrogen-bond donors (Lipinski definition) is 1. The molecule has 0 saturated carbocycles. The van der Waals surface area contributed by atoms with Gasteiger partial charge < -0.3 is 24.1 Å². The highest BCUT2D eigenvalue weighted by Crippen LogP contribution is 2.18. The molecule has 1 aromatic heterocycles. The van der Waals surface area contributed by atoms with Crippen molar-refractivity contribution < 1.29 is 28.6 Å². The topological polar surface area (TPSA) is 99.1 Å². The van der Waals surface area contributed by atoms with Crippen molar-refractivity contribution in [2.24, 2.45) is 0 Å². The third-order valence-electron chi connectivity index (χ3n) is 5.36. The Morgan fingerprint density at radius 3 is 2.06 bits per heavy atom. The van der Waals surface area contributed by atoms with Crippen molar-refractivity contribution in [3.63, 3.8) is 0 Å². The minimum Gasteiger partial charge on any atom is -0.330 e. The fourth-order valence-electron chi connectivity index (χ4n) is 3.55. The van der Waals surface area contributed by atoms with Crippen LogP contribution >= 0.6 is 0 Å². The van der Waals surface area contributed by atoms with E-state index in [2.05, 4.69) is 5.32 Å². The summed E-state index contributed by atoms with van der Waals surface area (Å²) in [6.07, 6.45) is 7.34. The number of amides is 3. The maximum Gasteiger partial charge on any atom is 0.254 e. The summed E-state index contributed by atoms with van der Waals surface area (Å²) in [7, 11) is 0. The Kier molecular flexibility index (Phi) is 10.8. The van der Waals surface area contributed by atoms with Gasteiger partial charge in [-0.05, 0) is 45.2 Å². The maximum absolute atomic E-state index is 12.9. The molecule has 9 heteroatoms. The molecule has 0 saturated heterocycles. The summed E-state index contributed by atoms with van der Waals surface area (Å²) in [5.74, 6) is -1.38. The monoisotopic (exact) mass is 463 g/mol. The van der Waals surface area contributed by atoms with Gasteiger partial charge in [0, 0.05) is 24.5 Å². The number of carbonyl (C=O) groups excluding carboxylic acids is 3. The van der Waals surface area contributed by atoms with E-state index in [0.29, 0.717) is 25.7 Å². The molecule has 5 atom stereocenters. The summed E-state index contributed by atoms with van der Waals surface area (Å²) in [6, 6.07) is 2.98. The third-order valence-corrected chi connectivity index (χ3v) is 5.36. The van der Waals surface area contributed by atoms with E-state index in [9.17, 15) is 14.4 Å². The first-order valence-corrected chi connectivity index (χ1v) is 11.7. The van der Waals surface area contributed by atoms with E-state index in [-0.39, 0.29) is 6.23 Å². The van der Waals surface area contributed by atoms with Gasteiger partial charge in [0.25, 0.3) is 11.8 Å². The van der Waals surface area contributed by atoms with Crippen LogP contribution in [0.2, 0.25) is 0 Å². The Morgan fingerprint density at radius 1 is 0.939 bits per heavy atom. The molecule has 0 spiro atoms. The Morgan fingerprint density at radius 2 is 1.52 bits per heavy atom. The summed E-state index contributed by atoms with van der Waals surface area (Å²) < 4.78 is 19.8. The van der Waals surface area contributed by atoms with Crippen LogP contribution in [0.15, 0.2) is 36.7 Å². The van der Waals surface area contributed by atoms with Gasteiger partial charge in [-0.2, -0.15) is 0 Å². The molecule has 184 valence electrons. The number of carbonyl (C=O) groups is 3. The van der Waals surface area contributed by atoms with Crippen LogP contribution in [0, 0.1) is 0 Å². The fourth-order valence-corrected chi connectivity index (χ4v) is 3.55. The Bertz CT molecular complexity index is 776. The van der Waals surface area contributed by atoms with Gasteiger partial charge in [0.15, 0.2) is 12.6 Å².